The number of nitrogens with two attached hydrogens (primary N) is 1. The van der Waals surface area contributed by atoms with E-state index in [0.717, 1.165) is 0 Å². The SMILES string of the molecule is COc1cccc(OC)c1-c1[nH]nc(C(=O)O)c1-c1ccc(OCC(N)=O)c2ccccc12. The lowest BCUT2D eigenvalue weighted by atomic mass is 9.93. The lowest BCUT2D eigenvalue weighted by Crippen LogP contribution is -2.20. The molecule has 1 heterocycles. The molecule has 3 aromatic carbocycles. The fraction of sp³-hybridized carbons (Fsp3) is 0.125. The molecule has 0 aliphatic rings. The van der Waals surface area contributed by atoms with Gasteiger partial charge in [-0.25, -0.2) is 4.79 Å². The highest BCUT2D eigenvalue weighted by Crippen LogP contribution is 2.45. The van der Waals surface area contributed by atoms with E-state index in [1.165, 1.54) is 14.2 Å². The molecule has 1 aromatic heterocycles. The minimum absolute atomic E-state index is 0.158. The summed E-state index contributed by atoms with van der Waals surface area (Å²) in [5, 5.41) is 18.2. The second-order valence-electron chi connectivity index (χ2n) is 7.08. The van der Waals surface area contributed by atoms with E-state index in [4.69, 9.17) is 19.9 Å². The average Bonchev–Trinajstić information content (AvgIpc) is 3.26. The lowest BCUT2D eigenvalue weighted by molar-refractivity contribution is -0.119. The summed E-state index contributed by atoms with van der Waals surface area (Å²) < 4.78 is 16.6. The van der Waals surface area contributed by atoms with E-state index in [-0.39, 0.29) is 12.3 Å². The number of aromatic nitrogens is 2. The number of hydrogen-bond donors (Lipinski definition) is 3. The van der Waals surface area contributed by atoms with Crippen LogP contribution < -0.4 is 19.9 Å². The fourth-order valence-electron chi connectivity index (χ4n) is 3.80. The van der Waals surface area contributed by atoms with E-state index in [2.05, 4.69) is 10.2 Å². The summed E-state index contributed by atoms with van der Waals surface area (Å²) in [6, 6.07) is 16.0. The maximum Gasteiger partial charge on any atom is 0.357 e. The Labute approximate surface area is 188 Å². The molecule has 4 rings (SSSR count). The summed E-state index contributed by atoms with van der Waals surface area (Å²) in [4.78, 5) is 23.3. The van der Waals surface area contributed by atoms with Gasteiger partial charge < -0.3 is 25.1 Å². The summed E-state index contributed by atoms with van der Waals surface area (Å²) in [5.74, 6) is -0.370. The maximum absolute atomic E-state index is 12.1. The van der Waals surface area contributed by atoms with Gasteiger partial charge in [-0.1, -0.05) is 30.3 Å². The molecule has 0 unspecified atom stereocenters. The first-order valence-electron chi connectivity index (χ1n) is 9.92. The third kappa shape index (κ3) is 3.91. The fourth-order valence-corrected chi connectivity index (χ4v) is 3.80. The van der Waals surface area contributed by atoms with Crippen molar-refractivity contribution >= 4 is 22.6 Å². The number of nitrogens with one attached hydrogen (secondary N) is 1. The number of rotatable bonds is 8. The van der Waals surface area contributed by atoms with Gasteiger partial charge in [-0.3, -0.25) is 9.89 Å². The second kappa shape index (κ2) is 8.91. The Morgan fingerprint density at radius 2 is 1.58 bits per heavy atom. The first-order valence-corrected chi connectivity index (χ1v) is 9.92. The zero-order valence-electron chi connectivity index (χ0n) is 17.9. The van der Waals surface area contributed by atoms with Crippen molar-refractivity contribution in [1.82, 2.24) is 10.2 Å². The van der Waals surface area contributed by atoms with E-state index in [0.29, 0.717) is 50.4 Å². The quantitative estimate of drug-likeness (QED) is 0.376. The lowest BCUT2D eigenvalue weighted by Gasteiger charge is -2.15. The highest BCUT2D eigenvalue weighted by atomic mass is 16.5. The largest absolute Gasteiger partial charge is 0.496 e. The molecule has 0 aliphatic heterocycles. The van der Waals surface area contributed by atoms with Crippen LogP contribution in [-0.4, -0.2) is 48.0 Å². The van der Waals surface area contributed by atoms with Crippen molar-refractivity contribution in [3.05, 3.63) is 60.3 Å². The third-order valence-corrected chi connectivity index (χ3v) is 5.17. The molecule has 0 spiro atoms. The number of ether oxygens (including phenoxy) is 3. The van der Waals surface area contributed by atoms with Crippen LogP contribution in [-0.2, 0) is 4.79 Å². The number of nitrogens with zero attached hydrogens (tertiary/aromatic N) is 1. The van der Waals surface area contributed by atoms with Gasteiger partial charge in [-0.05, 0) is 35.2 Å². The van der Waals surface area contributed by atoms with Crippen molar-refractivity contribution in [2.75, 3.05) is 20.8 Å². The van der Waals surface area contributed by atoms with Crippen LogP contribution in [0.25, 0.3) is 33.2 Å². The molecule has 0 radical (unpaired) electrons. The number of carbonyl (C=O) groups excluding carboxylic acids is 1. The number of methoxy groups -OCH3 is 2. The van der Waals surface area contributed by atoms with E-state index in [1.54, 1.807) is 30.3 Å². The maximum atomic E-state index is 12.1. The molecule has 0 fully saturated rings. The van der Waals surface area contributed by atoms with Crippen LogP contribution in [0.3, 0.4) is 0 Å². The zero-order chi connectivity index (χ0) is 23.5. The molecule has 9 nitrogen and oxygen atoms in total. The number of primary amides is 1. The van der Waals surface area contributed by atoms with Crippen LogP contribution in [0.5, 0.6) is 17.2 Å². The van der Waals surface area contributed by atoms with Gasteiger partial charge in [0.15, 0.2) is 12.3 Å². The number of H-pyrrole nitrogens is 1. The average molecular weight is 447 g/mol. The Bertz CT molecular complexity index is 1340. The van der Waals surface area contributed by atoms with Crippen LogP contribution in [0.4, 0.5) is 0 Å². The molecule has 0 bridgehead atoms. The Balaban J connectivity index is 2.02. The van der Waals surface area contributed by atoms with Crippen molar-refractivity contribution in [3.63, 3.8) is 0 Å². The van der Waals surface area contributed by atoms with Gasteiger partial charge in [0.2, 0.25) is 0 Å². The van der Waals surface area contributed by atoms with Gasteiger partial charge in [0.25, 0.3) is 5.91 Å². The number of carbonyl (C=O) groups is 2. The molecule has 168 valence electrons. The van der Waals surface area contributed by atoms with Crippen molar-refractivity contribution in [2.45, 2.75) is 0 Å². The van der Waals surface area contributed by atoms with E-state index < -0.39 is 11.9 Å². The minimum Gasteiger partial charge on any atom is -0.496 e. The van der Waals surface area contributed by atoms with Crippen molar-refractivity contribution in [2.24, 2.45) is 5.73 Å². The van der Waals surface area contributed by atoms with E-state index in [9.17, 15) is 14.7 Å². The first kappa shape index (κ1) is 21.7. The molecular formula is C24H21N3O6. The summed E-state index contributed by atoms with van der Waals surface area (Å²) in [6.45, 7) is -0.279. The molecule has 0 atom stereocenters. The summed E-state index contributed by atoms with van der Waals surface area (Å²) in [7, 11) is 3.04. The third-order valence-electron chi connectivity index (χ3n) is 5.17. The number of aromatic amines is 1. The number of aromatic carboxylic acids is 1. The smallest absolute Gasteiger partial charge is 0.357 e. The Morgan fingerprint density at radius 1 is 0.909 bits per heavy atom. The predicted molar refractivity (Wildman–Crippen MR) is 122 cm³/mol. The number of amides is 1. The number of carboxylic acids is 1. The number of fused-ring (bicyclic) bond motifs is 1. The van der Waals surface area contributed by atoms with Crippen LogP contribution in [0.15, 0.2) is 54.6 Å². The van der Waals surface area contributed by atoms with Crippen molar-refractivity contribution in [1.29, 1.82) is 0 Å². The molecular weight excluding hydrogens is 426 g/mol. The molecule has 0 saturated heterocycles. The van der Waals surface area contributed by atoms with Crippen LogP contribution in [0.2, 0.25) is 0 Å². The molecule has 9 heteroatoms. The van der Waals surface area contributed by atoms with Crippen molar-refractivity contribution < 1.29 is 28.9 Å². The minimum atomic E-state index is -1.19. The topological polar surface area (TPSA) is 137 Å². The highest BCUT2D eigenvalue weighted by molar-refractivity contribution is 6.08. The second-order valence-corrected chi connectivity index (χ2v) is 7.08. The molecule has 1 amide bonds. The monoisotopic (exact) mass is 447 g/mol. The number of hydrogen-bond acceptors (Lipinski definition) is 6. The summed E-state index contributed by atoms with van der Waals surface area (Å²) >= 11 is 0. The molecule has 0 saturated carbocycles. The van der Waals surface area contributed by atoms with Crippen molar-refractivity contribution in [3.8, 4) is 39.6 Å². The molecule has 4 aromatic rings. The Kier molecular flexibility index (Phi) is 5.86. The molecule has 4 N–H and O–H groups in total. The Morgan fingerprint density at radius 3 is 2.18 bits per heavy atom. The highest BCUT2D eigenvalue weighted by Gasteiger charge is 2.27. The van der Waals surface area contributed by atoms with E-state index >= 15 is 0 Å². The summed E-state index contributed by atoms with van der Waals surface area (Å²) in [6.07, 6.45) is 0. The van der Waals surface area contributed by atoms with Gasteiger partial charge in [0.1, 0.15) is 17.2 Å². The summed E-state index contributed by atoms with van der Waals surface area (Å²) in [5.41, 5.74) is 6.99. The van der Waals surface area contributed by atoms with Gasteiger partial charge in [0.05, 0.1) is 25.5 Å². The molecule has 33 heavy (non-hydrogen) atoms. The van der Waals surface area contributed by atoms with Gasteiger partial charge in [-0.2, -0.15) is 5.10 Å². The molecule has 0 aliphatic carbocycles. The number of carboxylic acid groups (broad SMARTS) is 1. The van der Waals surface area contributed by atoms with Gasteiger partial charge in [0, 0.05) is 10.9 Å². The Hall–Kier alpha value is -4.53. The van der Waals surface area contributed by atoms with Crippen LogP contribution >= 0.6 is 0 Å². The number of benzene rings is 3. The standard InChI is InChI=1S/C24H21N3O6/c1-31-17-8-5-9-18(32-2)21(17)22-20(23(24(29)30)27-26-22)15-10-11-16(33-12-19(25)28)14-7-4-3-6-13(14)15/h3-11H,12H2,1-2H3,(H2,25,28)(H,26,27)(H,29,30). The predicted octanol–water partition coefficient (Wildman–Crippen LogP) is 3.48. The van der Waals surface area contributed by atoms with Gasteiger partial charge in [-0.15, -0.1) is 0 Å². The van der Waals surface area contributed by atoms with Crippen LogP contribution in [0.1, 0.15) is 10.5 Å². The van der Waals surface area contributed by atoms with Crippen LogP contribution in [0, 0.1) is 0 Å². The normalized spacial score (nSPS) is 10.7. The first-order chi connectivity index (χ1) is 16.0. The zero-order valence-corrected chi connectivity index (χ0v) is 17.9. The van der Waals surface area contributed by atoms with E-state index in [1.807, 2.05) is 24.3 Å². The van der Waals surface area contributed by atoms with Gasteiger partial charge >= 0.3 is 5.97 Å².